The van der Waals surface area contributed by atoms with Crippen LogP contribution in [0.2, 0.25) is 0 Å². The summed E-state index contributed by atoms with van der Waals surface area (Å²) in [6, 6.07) is 37.8. The molecule has 0 aliphatic rings. The minimum absolute atomic E-state index is 0.178. The van der Waals surface area contributed by atoms with Crippen LogP contribution in [-0.2, 0) is 34.3 Å². The minimum Gasteiger partial charge on any atom is -0.744 e. The zero-order valence-electron chi connectivity index (χ0n) is 30.8. The van der Waals surface area contributed by atoms with E-state index in [-0.39, 0.29) is 21.6 Å². The molecule has 12 nitrogen and oxygen atoms in total. The largest absolute Gasteiger partial charge is 0.744 e. The molecule has 2 N–H and O–H groups in total. The van der Waals surface area contributed by atoms with E-state index >= 15 is 0 Å². The SMILES string of the molecule is C[n+]1cccc2ccc(NC(=O)c3ccc(C(=O)Nc4ccc5ccc[n+](C)c5c4)cc3)cc21.Cc1ccc(S(=O)(=O)[O-])cc1.Cc1ccc(S(=O)(=O)[O-])cc1. The maximum absolute atomic E-state index is 12.7. The van der Waals surface area contributed by atoms with E-state index in [1.165, 1.54) is 24.3 Å². The van der Waals surface area contributed by atoms with Gasteiger partial charge in [-0.1, -0.05) is 35.4 Å². The Balaban J connectivity index is 0.000000222. The van der Waals surface area contributed by atoms with Crippen molar-refractivity contribution < 1.29 is 44.7 Å². The van der Waals surface area contributed by atoms with Crippen molar-refractivity contribution in [3.8, 4) is 0 Å². The van der Waals surface area contributed by atoms with Gasteiger partial charge < -0.3 is 19.7 Å². The first-order chi connectivity index (χ1) is 26.5. The lowest BCUT2D eigenvalue weighted by molar-refractivity contribution is -0.645. The van der Waals surface area contributed by atoms with Gasteiger partial charge in [0.1, 0.15) is 34.3 Å². The average molecular weight is 791 g/mol. The standard InChI is InChI=1S/C28H22N4O2.2C7H8O3S/c1-31-15-3-5-19-11-13-23(17-25(19)31)29-27(33)21-7-9-22(10-8-21)28(34)30-24-14-12-20-6-4-16-32(2)26(20)18-24;2*1-6-2-4-7(5-3-6)11(8,9)10/h3-18H,1-2H3;2*2-5H,1H3,(H,8,9,10). The zero-order chi connectivity index (χ0) is 40.6. The van der Waals surface area contributed by atoms with Gasteiger partial charge in [0, 0.05) is 57.5 Å². The number of carbonyl (C=O) groups is 2. The molecule has 7 rings (SSSR count). The smallest absolute Gasteiger partial charge is 0.255 e. The van der Waals surface area contributed by atoms with Crippen LogP contribution >= 0.6 is 0 Å². The van der Waals surface area contributed by atoms with E-state index in [1.54, 1.807) is 48.5 Å². The molecule has 2 aromatic heterocycles. The van der Waals surface area contributed by atoms with E-state index in [9.17, 15) is 35.5 Å². The van der Waals surface area contributed by atoms with Gasteiger partial charge in [-0.15, -0.1) is 0 Å². The third-order valence-electron chi connectivity index (χ3n) is 8.54. The molecule has 0 aliphatic heterocycles. The second kappa shape index (κ2) is 17.4. The summed E-state index contributed by atoms with van der Waals surface area (Å²) in [5.41, 5.74) is 6.29. The van der Waals surface area contributed by atoms with Gasteiger partial charge in [-0.2, -0.15) is 0 Å². The van der Waals surface area contributed by atoms with Crippen molar-refractivity contribution in [3.63, 3.8) is 0 Å². The fraction of sp³-hybridized carbons (Fsp3) is 0.0952. The molecule has 2 amide bonds. The predicted molar refractivity (Wildman–Crippen MR) is 211 cm³/mol. The van der Waals surface area contributed by atoms with Gasteiger partial charge >= 0.3 is 0 Å². The lowest BCUT2D eigenvalue weighted by Gasteiger charge is -2.08. The van der Waals surface area contributed by atoms with E-state index < -0.39 is 20.2 Å². The number of rotatable bonds is 6. The van der Waals surface area contributed by atoms with Crippen LogP contribution in [-0.4, -0.2) is 37.8 Å². The van der Waals surface area contributed by atoms with Crippen LogP contribution in [0.5, 0.6) is 0 Å². The molecule has 0 saturated heterocycles. The molecule has 0 unspecified atom stereocenters. The highest BCUT2D eigenvalue weighted by Crippen LogP contribution is 2.19. The molecule has 0 saturated carbocycles. The van der Waals surface area contributed by atoms with Gasteiger partial charge in [0.15, 0.2) is 12.4 Å². The average Bonchev–Trinajstić information content (AvgIpc) is 3.16. The molecule has 0 aliphatic carbocycles. The summed E-state index contributed by atoms with van der Waals surface area (Å²) in [6.45, 7) is 3.64. The number of amides is 2. The molecule has 14 heteroatoms. The van der Waals surface area contributed by atoms with Crippen molar-refractivity contribution in [1.29, 1.82) is 0 Å². The molecule has 0 atom stereocenters. The highest BCUT2D eigenvalue weighted by atomic mass is 32.2. The Morgan fingerprint density at radius 3 is 1.16 bits per heavy atom. The Kier molecular flexibility index (Phi) is 12.7. The summed E-state index contributed by atoms with van der Waals surface area (Å²) in [7, 11) is -4.60. The van der Waals surface area contributed by atoms with Crippen LogP contribution < -0.4 is 19.8 Å². The van der Waals surface area contributed by atoms with Gasteiger partial charge in [0.25, 0.3) is 11.8 Å². The summed E-state index contributed by atoms with van der Waals surface area (Å²) in [5.74, 6) is -0.459. The number of hydrogen-bond donors (Lipinski definition) is 2. The third kappa shape index (κ3) is 10.9. The number of anilines is 2. The van der Waals surface area contributed by atoms with Gasteiger partial charge in [-0.05, 0) is 98.8 Å². The Morgan fingerprint density at radius 2 is 0.839 bits per heavy atom. The van der Waals surface area contributed by atoms with E-state index in [2.05, 4.69) is 10.6 Å². The summed E-state index contributed by atoms with van der Waals surface area (Å²) in [4.78, 5) is 25.1. The number of aryl methyl sites for hydroxylation is 4. The number of fused-ring (bicyclic) bond motifs is 2. The van der Waals surface area contributed by atoms with Crippen LogP contribution in [0.4, 0.5) is 11.4 Å². The normalized spacial score (nSPS) is 11.1. The molecule has 5 aromatic carbocycles. The Bertz CT molecular complexity index is 2570. The van der Waals surface area contributed by atoms with Gasteiger partial charge in [-0.3, -0.25) is 9.59 Å². The van der Waals surface area contributed by atoms with Crippen LogP contribution in [0.25, 0.3) is 21.8 Å². The Hall–Kier alpha value is -6.32. The minimum atomic E-state index is -4.27. The number of hydrogen-bond acceptors (Lipinski definition) is 8. The summed E-state index contributed by atoms with van der Waals surface area (Å²) < 4.78 is 66.3. The first-order valence-electron chi connectivity index (χ1n) is 17.0. The van der Waals surface area contributed by atoms with Crippen molar-refractivity contribution in [2.24, 2.45) is 14.1 Å². The Morgan fingerprint density at radius 1 is 0.500 bits per heavy atom. The Labute approximate surface area is 325 Å². The number of aromatic nitrogens is 2. The summed E-state index contributed by atoms with van der Waals surface area (Å²) in [6.07, 6.45) is 3.94. The van der Waals surface area contributed by atoms with Crippen molar-refractivity contribution in [2.45, 2.75) is 23.6 Å². The van der Waals surface area contributed by atoms with Crippen molar-refractivity contribution in [1.82, 2.24) is 0 Å². The molecule has 0 bridgehead atoms. The van der Waals surface area contributed by atoms with Gasteiger partial charge in [-0.25, -0.2) is 26.0 Å². The number of pyridine rings is 2. The number of nitrogens with zero attached hydrogens (tertiary/aromatic N) is 2. The van der Waals surface area contributed by atoms with Crippen LogP contribution in [0.3, 0.4) is 0 Å². The number of nitrogens with one attached hydrogen (secondary N) is 2. The zero-order valence-corrected chi connectivity index (χ0v) is 32.5. The molecule has 7 aromatic rings. The van der Waals surface area contributed by atoms with E-state index in [0.29, 0.717) is 22.5 Å². The van der Waals surface area contributed by atoms with E-state index in [1.807, 2.05) is 110 Å². The first-order valence-corrected chi connectivity index (χ1v) is 19.8. The lowest BCUT2D eigenvalue weighted by atomic mass is 10.1. The molecule has 2 heterocycles. The molecule has 0 radical (unpaired) electrons. The monoisotopic (exact) mass is 790 g/mol. The number of carbonyl (C=O) groups excluding carboxylic acids is 2. The molecule has 0 spiro atoms. The van der Waals surface area contributed by atoms with Crippen LogP contribution in [0, 0.1) is 13.8 Å². The highest BCUT2D eigenvalue weighted by Gasteiger charge is 2.13. The third-order valence-corrected chi connectivity index (χ3v) is 10.2. The maximum Gasteiger partial charge on any atom is 0.255 e. The molecule has 56 heavy (non-hydrogen) atoms. The second-order valence-corrected chi connectivity index (χ2v) is 15.6. The lowest BCUT2D eigenvalue weighted by Crippen LogP contribution is -2.28. The van der Waals surface area contributed by atoms with Gasteiger partial charge in [0.2, 0.25) is 11.0 Å². The molecule has 286 valence electrons. The summed E-state index contributed by atoms with van der Waals surface area (Å²) >= 11 is 0. The molecular weight excluding hydrogens is 753 g/mol. The summed E-state index contributed by atoms with van der Waals surface area (Å²) in [5, 5.41) is 8.06. The molecular formula is C42H38N4O8S2. The maximum atomic E-state index is 12.7. The fourth-order valence-corrected chi connectivity index (χ4v) is 6.38. The van der Waals surface area contributed by atoms with E-state index in [0.717, 1.165) is 32.9 Å². The molecule has 0 fully saturated rings. The van der Waals surface area contributed by atoms with Crippen molar-refractivity contribution in [3.05, 3.63) is 168 Å². The van der Waals surface area contributed by atoms with E-state index in [4.69, 9.17) is 0 Å². The second-order valence-electron chi connectivity index (χ2n) is 12.8. The van der Waals surface area contributed by atoms with Crippen molar-refractivity contribution in [2.75, 3.05) is 10.6 Å². The van der Waals surface area contributed by atoms with Crippen LogP contribution in [0.1, 0.15) is 31.8 Å². The van der Waals surface area contributed by atoms with Gasteiger partial charge in [0.05, 0.1) is 9.79 Å². The predicted octanol–water partition coefficient (Wildman–Crippen LogP) is 5.94. The fourth-order valence-electron chi connectivity index (χ4n) is 5.44. The quantitative estimate of drug-likeness (QED) is 0.153. The number of benzene rings is 5. The highest BCUT2D eigenvalue weighted by molar-refractivity contribution is 7.86. The first kappa shape index (κ1) is 40.9. The van der Waals surface area contributed by atoms with Crippen molar-refractivity contribution >= 4 is 65.2 Å². The topological polar surface area (TPSA) is 180 Å². The van der Waals surface area contributed by atoms with Crippen LogP contribution in [0.15, 0.2) is 156 Å².